The van der Waals surface area contributed by atoms with E-state index in [1.165, 1.54) is 0 Å². The molecule has 0 radical (unpaired) electrons. The van der Waals surface area contributed by atoms with Crippen LogP contribution in [0.4, 0.5) is 0 Å². The van der Waals surface area contributed by atoms with E-state index in [0.29, 0.717) is 4.90 Å². The summed E-state index contributed by atoms with van der Waals surface area (Å²) in [5.41, 5.74) is 2.12. The minimum absolute atomic E-state index is 0.0539. The van der Waals surface area contributed by atoms with E-state index in [2.05, 4.69) is 5.32 Å². The third kappa shape index (κ3) is 3.26. The maximum Gasteiger partial charge on any atom is 0.180 e. The van der Waals surface area contributed by atoms with Gasteiger partial charge in [-0.15, -0.1) is 0 Å². The molecule has 2 aromatic carbocycles. The van der Waals surface area contributed by atoms with Gasteiger partial charge in [-0.25, -0.2) is 8.42 Å². The Labute approximate surface area is 120 Å². The predicted molar refractivity (Wildman–Crippen MR) is 81.5 cm³/mol. The summed E-state index contributed by atoms with van der Waals surface area (Å²) in [6.07, 6.45) is 0. The summed E-state index contributed by atoms with van der Waals surface area (Å²) in [7, 11) is -1.51. The molecule has 0 bridgehead atoms. The standard InChI is InChI=1S/C16H19NO2S/c1-13-8-6-7-11-15(13)16(17-2)12-20(18,19)14-9-4-3-5-10-14/h3-11,16-17H,12H2,1-2H3. The van der Waals surface area contributed by atoms with Crippen molar-refractivity contribution >= 4 is 9.84 Å². The van der Waals surface area contributed by atoms with Crippen molar-refractivity contribution in [2.75, 3.05) is 12.8 Å². The van der Waals surface area contributed by atoms with E-state index in [0.717, 1.165) is 11.1 Å². The van der Waals surface area contributed by atoms with Crippen LogP contribution in [-0.4, -0.2) is 21.2 Å². The second-order valence-corrected chi connectivity index (χ2v) is 6.83. The molecule has 0 heterocycles. The molecule has 0 aliphatic rings. The second-order valence-electron chi connectivity index (χ2n) is 4.79. The first-order valence-corrected chi connectivity index (χ1v) is 8.20. The molecule has 1 N–H and O–H groups in total. The maximum absolute atomic E-state index is 12.4. The van der Waals surface area contributed by atoms with Gasteiger partial charge in [0.15, 0.2) is 9.84 Å². The van der Waals surface area contributed by atoms with Crippen molar-refractivity contribution in [3.05, 3.63) is 65.7 Å². The number of hydrogen-bond acceptors (Lipinski definition) is 3. The van der Waals surface area contributed by atoms with Gasteiger partial charge in [-0.1, -0.05) is 42.5 Å². The van der Waals surface area contributed by atoms with Gasteiger partial charge in [0.2, 0.25) is 0 Å². The molecular weight excluding hydrogens is 270 g/mol. The van der Waals surface area contributed by atoms with Gasteiger partial charge in [-0.2, -0.15) is 0 Å². The van der Waals surface area contributed by atoms with E-state index in [4.69, 9.17) is 0 Å². The van der Waals surface area contributed by atoms with E-state index in [-0.39, 0.29) is 11.8 Å². The van der Waals surface area contributed by atoms with E-state index in [1.54, 1.807) is 31.3 Å². The number of hydrogen-bond donors (Lipinski definition) is 1. The van der Waals surface area contributed by atoms with Crippen molar-refractivity contribution in [1.82, 2.24) is 5.32 Å². The van der Waals surface area contributed by atoms with Crippen LogP contribution in [0, 0.1) is 6.92 Å². The lowest BCUT2D eigenvalue weighted by Crippen LogP contribution is -2.26. The fourth-order valence-electron chi connectivity index (χ4n) is 2.25. The van der Waals surface area contributed by atoms with Crippen LogP contribution in [0.3, 0.4) is 0 Å². The first-order valence-electron chi connectivity index (χ1n) is 6.55. The Kier molecular flexibility index (Phi) is 4.57. The molecule has 4 heteroatoms. The minimum atomic E-state index is -3.30. The number of sulfone groups is 1. The summed E-state index contributed by atoms with van der Waals surface area (Å²) in [6, 6.07) is 16.2. The zero-order chi connectivity index (χ0) is 14.6. The van der Waals surface area contributed by atoms with Gasteiger partial charge in [-0.05, 0) is 37.2 Å². The van der Waals surface area contributed by atoms with Crippen LogP contribution in [0.15, 0.2) is 59.5 Å². The Bertz CT molecular complexity index is 666. The van der Waals surface area contributed by atoms with Crippen LogP contribution in [-0.2, 0) is 9.84 Å². The van der Waals surface area contributed by atoms with Crippen molar-refractivity contribution in [3.8, 4) is 0 Å². The van der Waals surface area contributed by atoms with Crippen LogP contribution in [0.25, 0.3) is 0 Å². The molecule has 3 nitrogen and oxygen atoms in total. The largest absolute Gasteiger partial charge is 0.312 e. The number of nitrogens with one attached hydrogen (secondary N) is 1. The normalized spacial score (nSPS) is 13.1. The Morgan fingerprint density at radius 1 is 1.00 bits per heavy atom. The SMILES string of the molecule is CNC(CS(=O)(=O)c1ccccc1)c1ccccc1C. The van der Waals surface area contributed by atoms with Gasteiger partial charge in [0.25, 0.3) is 0 Å². The topological polar surface area (TPSA) is 46.2 Å². The summed E-state index contributed by atoms with van der Waals surface area (Å²) in [5.74, 6) is 0.0539. The van der Waals surface area contributed by atoms with Crippen molar-refractivity contribution in [1.29, 1.82) is 0 Å². The highest BCUT2D eigenvalue weighted by Gasteiger charge is 2.22. The van der Waals surface area contributed by atoms with Crippen molar-refractivity contribution < 1.29 is 8.42 Å². The van der Waals surface area contributed by atoms with Crippen molar-refractivity contribution in [2.24, 2.45) is 0 Å². The van der Waals surface area contributed by atoms with E-state index >= 15 is 0 Å². The molecule has 1 unspecified atom stereocenters. The minimum Gasteiger partial charge on any atom is -0.312 e. The summed E-state index contributed by atoms with van der Waals surface area (Å²) in [6.45, 7) is 1.99. The van der Waals surface area contributed by atoms with Crippen LogP contribution >= 0.6 is 0 Å². The Morgan fingerprint density at radius 3 is 2.20 bits per heavy atom. The maximum atomic E-state index is 12.4. The monoisotopic (exact) mass is 289 g/mol. The number of aryl methyl sites for hydroxylation is 1. The van der Waals surface area contributed by atoms with Gasteiger partial charge >= 0.3 is 0 Å². The number of benzene rings is 2. The molecule has 20 heavy (non-hydrogen) atoms. The lowest BCUT2D eigenvalue weighted by Gasteiger charge is -2.19. The third-order valence-corrected chi connectivity index (χ3v) is 5.16. The first-order chi connectivity index (χ1) is 9.54. The highest BCUT2D eigenvalue weighted by atomic mass is 32.2. The molecule has 0 aliphatic carbocycles. The van der Waals surface area contributed by atoms with E-state index < -0.39 is 9.84 Å². The quantitative estimate of drug-likeness (QED) is 0.920. The third-order valence-electron chi connectivity index (χ3n) is 3.40. The highest BCUT2D eigenvalue weighted by Crippen LogP contribution is 2.22. The Balaban J connectivity index is 2.30. The highest BCUT2D eigenvalue weighted by molar-refractivity contribution is 7.91. The second kappa shape index (κ2) is 6.20. The van der Waals surface area contributed by atoms with Gasteiger partial charge in [0.1, 0.15) is 0 Å². The molecule has 0 amide bonds. The molecule has 0 aromatic heterocycles. The lowest BCUT2D eigenvalue weighted by molar-refractivity contribution is 0.573. The molecular formula is C16H19NO2S. The zero-order valence-electron chi connectivity index (χ0n) is 11.7. The summed E-state index contributed by atoms with van der Waals surface area (Å²) in [5, 5.41) is 3.11. The van der Waals surface area contributed by atoms with Crippen molar-refractivity contribution in [2.45, 2.75) is 17.9 Å². The predicted octanol–water partition coefficient (Wildman–Crippen LogP) is 2.73. The lowest BCUT2D eigenvalue weighted by atomic mass is 10.0. The van der Waals surface area contributed by atoms with Gasteiger partial charge in [0, 0.05) is 6.04 Å². The Hall–Kier alpha value is -1.65. The molecule has 0 fully saturated rings. The Morgan fingerprint density at radius 2 is 1.60 bits per heavy atom. The van der Waals surface area contributed by atoms with E-state index in [1.807, 2.05) is 37.3 Å². The molecule has 1 atom stereocenters. The molecule has 0 spiro atoms. The average Bonchev–Trinajstić information content (AvgIpc) is 2.46. The van der Waals surface area contributed by atoms with Gasteiger partial charge in [0.05, 0.1) is 10.6 Å². The van der Waals surface area contributed by atoms with Crippen LogP contribution < -0.4 is 5.32 Å². The number of rotatable bonds is 5. The average molecular weight is 289 g/mol. The fraction of sp³-hybridized carbons (Fsp3) is 0.250. The molecule has 2 rings (SSSR count). The molecule has 0 saturated carbocycles. The molecule has 106 valence electrons. The van der Waals surface area contributed by atoms with Crippen LogP contribution in [0.5, 0.6) is 0 Å². The molecule has 0 aliphatic heterocycles. The molecule has 0 saturated heterocycles. The summed E-state index contributed by atoms with van der Waals surface area (Å²) >= 11 is 0. The zero-order valence-corrected chi connectivity index (χ0v) is 12.5. The summed E-state index contributed by atoms with van der Waals surface area (Å²) < 4.78 is 24.9. The first kappa shape index (κ1) is 14.8. The van der Waals surface area contributed by atoms with E-state index in [9.17, 15) is 8.42 Å². The van der Waals surface area contributed by atoms with Crippen LogP contribution in [0.1, 0.15) is 17.2 Å². The molecule has 2 aromatic rings. The smallest absolute Gasteiger partial charge is 0.180 e. The van der Waals surface area contributed by atoms with Gasteiger partial charge < -0.3 is 5.32 Å². The van der Waals surface area contributed by atoms with Gasteiger partial charge in [-0.3, -0.25) is 0 Å². The van der Waals surface area contributed by atoms with Crippen LogP contribution in [0.2, 0.25) is 0 Å². The summed E-state index contributed by atoms with van der Waals surface area (Å²) in [4.78, 5) is 0.369. The fourth-order valence-corrected chi connectivity index (χ4v) is 3.80. The van der Waals surface area contributed by atoms with Crippen molar-refractivity contribution in [3.63, 3.8) is 0 Å².